The molecule has 0 radical (unpaired) electrons. The van der Waals surface area contributed by atoms with Gasteiger partial charge in [-0.25, -0.2) is 4.79 Å². The first-order valence-corrected chi connectivity index (χ1v) is 10.9. The van der Waals surface area contributed by atoms with Crippen molar-refractivity contribution in [3.63, 3.8) is 0 Å². The Bertz CT molecular complexity index is 975. The van der Waals surface area contributed by atoms with Crippen LogP contribution in [0.2, 0.25) is 0 Å². The van der Waals surface area contributed by atoms with E-state index in [-0.39, 0.29) is 17.4 Å². The average Bonchev–Trinajstić information content (AvgIpc) is 2.75. The third-order valence-electron chi connectivity index (χ3n) is 5.92. The largest absolute Gasteiger partial charge is 0.464 e. The van der Waals surface area contributed by atoms with Gasteiger partial charge in [0.2, 0.25) is 0 Å². The summed E-state index contributed by atoms with van der Waals surface area (Å²) >= 11 is 5.71. The van der Waals surface area contributed by atoms with Crippen LogP contribution in [-0.4, -0.2) is 46.3 Å². The molecule has 4 rings (SSSR count). The van der Waals surface area contributed by atoms with Crippen molar-refractivity contribution < 1.29 is 9.53 Å². The Morgan fingerprint density at radius 2 is 1.97 bits per heavy atom. The summed E-state index contributed by atoms with van der Waals surface area (Å²) in [6.07, 6.45) is 1.58. The molecule has 3 atom stereocenters. The number of thiocarbonyl (C=S) groups is 1. The summed E-state index contributed by atoms with van der Waals surface area (Å²) in [5, 5.41) is 3.83. The first kappa shape index (κ1) is 20.6. The van der Waals surface area contributed by atoms with Crippen molar-refractivity contribution in [2.75, 3.05) is 19.7 Å². The monoisotopic (exact) mass is 425 g/mol. The zero-order valence-corrected chi connectivity index (χ0v) is 17.9. The summed E-state index contributed by atoms with van der Waals surface area (Å²) in [4.78, 5) is 26.9. The van der Waals surface area contributed by atoms with Gasteiger partial charge in [-0.1, -0.05) is 36.4 Å². The molecule has 1 fully saturated rings. The van der Waals surface area contributed by atoms with E-state index in [9.17, 15) is 9.59 Å². The molecule has 1 aromatic carbocycles. The second kappa shape index (κ2) is 9.00. The molecule has 2 aromatic rings. The Balaban J connectivity index is 1.48. The van der Waals surface area contributed by atoms with Gasteiger partial charge < -0.3 is 19.5 Å². The maximum Gasteiger partial charge on any atom is 0.328 e. The van der Waals surface area contributed by atoms with Crippen molar-refractivity contribution >= 4 is 23.3 Å². The molecular weight excluding hydrogens is 398 g/mol. The molecule has 1 N–H and O–H groups in total. The Morgan fingerprint density at radius 3 is 2.73 bits per heavy atom. The number of aromatic nitrogens is 1. The molecular formula is C23H27N3O3S. The lowest BCUT2D eigenvalue weighted by Gasteiger charge is -2.44. The Morgan fingerprint density at radius 1 is 1.17 bits per heavy atom. The number of likely N-dealkylation sites (tertiary alicyclic amines) is 1. The van der Waals surface area contributed by atoms with E-state index in [1.54, 1.807) is 13.0 Å². The first-order chi connectivity index (χ1) is 14.5. The quantitative estimate of drug-likeness (QED) is 0.586. The number of nitrogens with zero attached hydrogens (tertiary/aromatic N) is 2. The van der Waals surface area contributed by atoms with Crippen LogP contribution in [0.3, 0.4) is 0 Å². The minimum atomic E-state index is -0.531. The molecule has 2 bridgehead atoms. The first-order valence-electron chi connectivity index (χ1n) is 10.5. The van der Waals surface area contributed by atoms with Gasteiger partial charge in [-0.15, -0.1) is 0 Å². The van der Waals surface area contributed by atoms with Gasteiger partial charge >= 0.3 is 5.97 Å². The van der Waals surface area contributed by atoms with Crippen LogP contribution in [0.5, 0.6) is 0 Å². The second-order valence-corrected chi connectivity index (χ2v) is 8.43. The Labute approximate surface area is 181 Å². The fraction of sp³-hybridized carbons (Fsp3) is 0.435. The molecule has 1 aromatic heterocycles. The topological polar surface area (TPSA) is 63.6 Å². The number of carbonyl (C=O) groups is 1. The summed E-state index contributed by atoms with van der Waals surface area (Å²) in [6.45, 7) is 4.38. The summed E-state index contributed by atoms with van der Waals surface area (Å²) < 4.78 is 7.19. The lowest BCUT2D eigenvalue weighted by molar-refractivity contribution is -0.145. The maximum absolute atomic E-state index is 12.6. The zero-order valence-electron chi connectivity index (χ0n) is 17.1. The standard InChI is InChI=1S/C23H27N3O3S/c1-2-29-22(28)19(12-16-7-4-3-5-8-16)24-23(30)25-13-17-11-18(15-25)20-9-6-10-21(27)26(20)14-17/h3-10,17-19H,2,11-15H2,1H3,(H,24,30)/t17-,18+,19-/m0/s1. The molecule has 1 saturated heterocycles. The number of hydrogen-bond donors (Lipinski definition) is 1. The smallest absolute Gasteiger partial charge is 0.328 e. The van der Waals surface area contributed by atoms with E-state index in [4.69, 9.17) is 17.0 Å². The molecule has 30 heavy (non-hydrogen) atoms. The van der Waals surface area contributed by atoms with E-state index in [1.165, 1.54) is 0 Å². The lowest BCUT2D eigenvalue weighted by atomic mass is 9.83. The fourth-order valence-electron chi connectivity index (χ4n) is 4.59. The summed E-state index contributed by atoms with van der Waals surface area (Å²) in [7, 11) is 0. The number of esters is 1. The van der Waals surface area contributed by atoms with Gasteiger partial charge in [-0.2, -0.15) is 0 Å². The van der Waals surface area contributed by atoms with Gasteiger partial charge in [0, 0.05) is 43.7 Å². The lowest BCUT2D eigenvalue weighted by Crippen LogP contribution is -2.55. The van der Waals surface area contributed by atoms with Gasteiger partial charge in [0.15, 0.2) is 5.11 Å². The number of fused-ring (bicyclic) bond motifs is 4. The number of ether oxygens (including phenoxy) is 1. The molecule has 0 unspecified atom stereocenters. The fourth-order valence-corrected chi connectivity index (χ4v) is 4.88. The van der Waals surface area contributed by atoms with Crippen molar-refractivity contribution in [2.45, 2.75) is 38.3 Å². The van der Waals surface area contributed by atoms with E-state index in [0.717, 1.165) is 37.3 Å². The number of rotatable bonds is 5. The van der Waals surface area contributed by atoms with Gasteiger partial charge in [0.1, 0.15) is 6.04 Å². The van der Waals surface area contributed by atoms with Crippen LogP contribution < -0.4 is 10.9 Å². The van der Waals surface area contributed by atoms with Crippen LogP contribution in [0.15, 0.2) is 53.3 Å². The van der Waals surface area contributed by atoms with Gasteiger partial charge in [-0.3, -0.25) is 4.79 Å². The van der Waals surface area contributed by atoms with Crippen LogP contribution in [0.25, 0.3) is 0 Å². The van der Waals surface area contributed by atoms with Crippen LogP contribution in [0, 0.1) is 5.92 Å². The van der Waals surface area contributed by atoms with Gasteiger partial charge in [0.05, 0.1) is 6.61 Å². The normalized spacial score (nSPS) is 20.8. The molecule has 6 nitrogen and oxygen atoms in total. The number of benzene rings is 1. The minimum Gasteiger partial charge on any atom is -0.464 e. The third-order valence-corrected chi connectivity index (χ3v) is 6.29. The molecule has 7 heteroatoms. The van der Waals surface area contributed by atoms with Crippen molar-refractivity contribution in [3.8, 4) is 0 Å². The predicted molar refractivity (Wildman–Crippen MR) is 119 cm³/mol. The Hall–Kier alpha value is -2.67. The summed E-state index contributed by atoms with van der Waals surface area (Å²) in [5.74, 6) is 0.338. The van der Waals surface area contributed by atoms with Crippen molar-refractivity contribution in [1.29, 1.82) is 0 Å². The second-order valence-electron chi connectivity index (χ2n) is 8.05. The Kier molecular flexibility index (Phi) is 6.18. The SMILES string of the molecule is CCOC(=O)[C@H](Cc1ccccc1)NC(=S)N1C[C@@H]2C[C@H](C1)c1cccc(=O)n1C2. The molecule has 3 heterocycles. The number of pyridine rings is 1. The summed E-state index contributed by atoms with van der Waals surface area (Å²) in [5.41, 5.74) is 2.20. The molecule has 0 aliphatic carbocycles. The molecule has 0 amide bonds. The van der Waals surface area contributed by atoms with Crippen LogP contribution >= 0.6 is 12.2 Å². The third kappa shape index (κ3) is 4.41. The van der Waals surface area contributed by atoms with Crippen molar-refractivity contribution in [2.24, 2.45) is 5.92 Å². The van der Waals surface area contributed by atoms with Gasteiger partial charge in [-0.05, 0) is 43.1 Å². The van der Waals surface area contributed by atoms with Gasteiger partial charge in [0.25, 0.3) is 5.56 Å². The maximum atomic E-state index is 12.6. The van der Waals surface area contributed by atoms with E-state index in [1.807, 2.05) is 47.0 Å². The summed E-state index contributed by atoms with van der Waals surface area (Å²) in [6, 6.07) is 14.8. The van der Waals surface area contributed by atoms with E-state index in [0.29, 0.717) is 24.1 Å². The highest BCUT2D eigenvalue weighted by atomic mass is 32.1. The molecule has 0 saturated carbocycles. The minimum absolute atomic E-state index is 0.0709. The molecule has 158 valence electrons. The van der Waals surface area contributed by atoms with Crippen LogP contribution in [-0.2, 0) is 22.5 Å². The number of hydrogen-bond acceptors (Lipinski definition) is 4. The van der Waals surface area contributed by atoms with E-state index >= 15 is 0 Å². The molecule has 2 aliphatic heterocycles. The molecule has 0 spiro atoms. The zero-order chi connectivity index (χ0) is 21.1. The number of carbonyl (C=O) groups excluding carboxylic acids is 1. The van der Waals surface area contributed by atoms with Crippen LogP contribution in [0.4, 0.5) is 0 Å². The molecule has 2 aliphatic rings. The van der Waals surface area contributed by atoms with E-state index in [2.05, 4.69) is 10.2 Å². The van der Waals surface area contributed by atoms with Crippen molar-refractivity contribution in [3.05, 3.63) is 70.1 Å². The highest BCUT2D eigenvalue weighted by Crippen LogP contribution is 2.34. The van der Waals surface area contributed by atoms with Crippen molar-refractivity contribution in [1.82, 2.24) is 14.8 Å². The number of nitrogens with one attached hydrogen (secondary N) is 1. The average molecular weight is 426 g/mol. The highest BCUT2D eigenvalue weighted by molar-refractivity contribution is 7.80. The van der Waals surface area contributed by atoms with Crippen LogP contribution in [0.1, 0.15) is 30.5 Å². The number of piperidine rings is 1. The highest BCUT2D eigenvalue weighted by Gasteiger charge is 2.36. The van der Waals surface area contributed by atoms with E-state index < -0.39 is 6.04 Å². The predicted octanol–water partition coefficient (Wildman–Crippen LogP) is 2.32.